The number of rotatable bonds is 6. The average Bonchev–Trinajstić information content (AvgIpc) is 3.18. The van der Waals surface area contributed by atoms with Gasteiger partial charge in [-0.3, -0.25) is 19.1 Å². The first kappa shape index (κ1) is 19.5. The molecule has 0 amide bonds. The van der Waals surface area contributed by atoms with Crippen molar-refractivity contribution in [1.82, 2.24) is 24.2 Å². The number of fused-ring (bicyclic) bond motifs is 1. The molecule has 4 rings (SSSR count). The maximum atomic E-state index is 13.2. The van der Waals surface area contributed by atoms with Gasteiger partial charge in [-0.2, -0.15) is 5.10 Å². The predicted octanol–water partition coefficient (Wildman–Crippen LogP) is 1.47. The van der Waals surface area contributed by atoms with Crippen molar-refractivity contribution in [2.24, 2.45) is 7.05 Å². The molecule has 1 unspecified atom stereocenters. The second-order valence-corrected chi connectivity index (χ2v) is 7.39. The number of ether oxygens (including phenoxy) is 1. The van der Waals surface area contributed by atoms with Crippen molar-refractivity contribution in [3.63, 3.8) is 0 Å². The van der Waals surface area contributed by atoms with Crippen LogP contribution in [0.3, 0.4) is 0 Å². The van der Waals surface area contributed by atoms with Gasteiger partial charge in [0.1, 0.15) is 5.82 Å². The van der Waals surface area contributed by atoms with E-state index in [2.05, 4.69) is 10.00 Å². The Bertz CT molecular complexity index is 1140. The molecule has 3 aromatic rings. The van der Waals surface area contributed by atoms with Crippen LogP contribution < -0.4 is 11.1 Å². The fourth-order valence-electron chi connectivity index (χ4n) is 3.97. The summed E-state index contributed by atoms with van der Waals surface area (Å²) in [5.74, 6) is 0.764. The molecule has 0 aliphatic carbocycles. The number of hydrogen-bond donors (Lipinski definition) is 0. The lowest BCUT2D eigenvalue weighted by molar-refractivity contribution is 0.178. The van der Waals surface area contributed by atoms with Gasteiger partial charge >= 0.3 is 0 Å². The first-order chi connectivity index (χ1) is 14.1. The van der Waals surface area contributed by atoms with E-state index in [0.717, 1.165) is 30.8 Å². The summed E-state index contributed by atoms with van der Waals surface area (Å²) in [5.41, 5.74) is 1.42. The zero-order chi connectivity index (χ0) is 20.4. The molecular formula is C21H25N5O3. The highest BCUT2D eigenvalue weighted by molar-refractivity contribution is 5.77. The normalized spacial score (nSPS) is 17.2. The van der Waals surface area contributed by atoms with E-state index in [1.807, 2.05) is 24.3 Å². The molecule has 8 heteroatoms. The van der Waals surface area contributed by atoms with E-state index in [0.29, 0.717) is 30.6 Å². The van der Waals surface area contributed by atoms with Gasteiger partial charge in [-0.25, -0.2) is 9.67 Å². The maximum Gasteiger partial charge on any atom is 0.266 e. The van der Waals surface area contributed by atoms with Crippen molar-refractivity contribution < 1.29 is 4.74 Å². The van der Waals surface area contributed by atoms with E-state index in [1.165, 1.54) is 4.68 Å². The van der Waals surface area contributed by atoms with E-state index >= 15 is 0 Å². The molecule has 0 saturated carbocycles. The molecule has 0 spiro atoms. The summed E-state index contributed by atoms with van der Waals surface area (Å²) in [6.45, 7) is 2.38. The summed E-state index contributed by atoms with van der Waals surface area (Å²) in [5, 5.41) is 4.74. The molecule has 8 nitrogen and oxygen atoms in total. The predicted molar refractivity (Wildman–Crippen MR) is 110 cm³/mol. The molecule has 0 radical (unpaired) electrons. The van der Waals surface area contributed by atoms with Crippen molar-refractivity contribution in [2.45, 2.75) is 32.0 Å². The van der Waals surface area contributed by atoms with Gasteiger partial charge in [-0.1, -0.05) is 12.1 Å². The Hall–Kier alpha value is -2.84. The van der Waals surface area contributed by atoms with Crippen LogP contribution in [0.2, 0.25) is 0 Å². The average molecular weight is 395 g/mol. The third-order valence-corrected chi connectivity index (χ3v) is 5.48. The van der Waals surface area contributed by atoms with Crippen molar-refractivity contribution >= 4 is 10.9 Å². The SMILES string of the molecule is COCCn1c(C2CCCN2Cc2cnn(C)c(=O)c2)nc2ccccc2c1=O. The molecule has 1 fully saturated rings. The standard InChI is InChI=1S/C21H25N5O3/c1-24-19(27)12-15(13-22-24)14-25-9-5-8-18(25)20-23-17-7-4-3-6-16(17)21(28)26(20)10-11-29-2/h3-4,6-7,12-13,18H,5,8-11,14H2,1-2H3. The molecule has 1 atom stereocenters. The highest BCUT2D eigenvalue weighted by Gasteiger charge is 2.30. The van der Waals surface area contributed by atoms with Crippen LogP contribution >= 0.6 is 0 Å². The summed E-state index contributed by atoms with van der Waals surface area (Å²) >= 11 is 0. The summed E-state index contributed by atoms with van der Waals surface area (Å²) in [4.78, 5) is 32.2. The number of nitrogens with zero attached hydrogens (tertiary/aromatic N) is 5. The van der Waals surface area contributed by atoms with Crippen LogP contribution in [0.25, 0.3) is 10.9 Å². The molecule has 1 aromatic carbocycles. The van der Waals surface area contributed by atoms with E-state index in [1.54, 1.807) is 31.0 Å². The van der Waals surface area contributed by atoms with Gasteiger partial charge in [-0.05, 0) is 37.1 Å². The Labute approximate surface area is 168 Å². The molecule has 0 bridgehead atoms. The summed E-state index contributed by atoms with van der Waals surface area (Å²) in [6, 6.07) is 9.08. The van der Waals surface area contributed by atoms with Crippen molar-refractivity contribution in [2.75, 3.05) is 20.3 Å². The van der Waals surface area contributed by atoms with Crippen molar-refractivity contribution in [3.8, 4) is 0 Å². The Morgan fingerprint density at radius 1 is 1.24 bits per heavy atom. The van der Waals surface area contributed by atoms with E-state index in [-0.39, 0.29) is 17.2 Å². The first-order valence-electron chi connectivity index (χ1n) is 9.83. The Morgan fingerprint density at radius 3 is 2.86 bits per heavy atom. The monoisotopic (exact) mass is 395 g/mol. The maximum absolute atomic E-state index is 13.2. The quantitative estimate of drug-likeness (QED) is 0.629. The fourth-order valence-corrected chi connectivity index (χ4v) is 3.97. The van der Waals surface area contributed by atoms with Crippen LogP contribution in [0.1, 0.15) is 30.3 Å². The summed E-state index contributed by atoms with van der Waals surface area (Å²) in [6.07, 6.45) is 3.65. The molecule has 1 aliphatic rings. The Kier molecular flexibility index (Phi) is 5.55. The topological polar surface area (TPSA) is 82.2 Å². The van der Waals surface area contributed by atoms with Gasteiger partial charge in [0, 0.05) is 26.8 Å². The molecule has 29 heavy (non-hydrogen) atoms. The number of likely N-dealkylation sites (tertiary alicyclic amines) is 1. The Morgan fingerprint density at radius 2 is 2.07 bits per heavy atom. The molecule has 3 heterocycles. The minimum atomic E-state index is -0.126. The smallest absolute Gasteiger partial charge is 0.266 e. The summed E-state index contributed by atoms with van der Waals surface area (Å²) < 4.78 is 8.30. The number of hydrogen-bond acceptors (Lipinski definition) is 6. The highest BCUT2D eigenvalue weighted by Crippen LogP contribution is 2.32. The number of aromatic nitrogens is 4. The fraction of sp³-hybridized carbons (Fsp3) is 0.429. The first-order valence-corrected chi connectivity index (χ1v) is 9.83. The second kappa shape index (κ2) is 8.26. The Balaban J connectivity index is 1.74. The van der Waals surface area contributed by atoms with Gasteiger partial charge in [0.05, 0.1) is 36.3 Å². The van der Waals surface area contributed by atoms with Gasteiger partial charge in [0.25, 0.3) is 11.1 Å². The lowest BCUT2D eigenvalue weighted by atomic mass is 10.1. The molecule has 1 aliphatic heterocycles. The lowest BCUT2D eigenvalue weighted by Crippen LogP contribution is -2.33. The molecular weight excluding hydrogens is 370 g/mol. The zero-order valence-electron chi connectivity index (χ0n) is 16.7. The van der Waals surface area contributed by atoms with E-state index in [4.69, 9.17) is 9.72 Å². The summed E-state index contributed by atoms with van der Waals surface area (Å²) in [7, 11) is 3.27. The minimum Gasteiger partial charge on any atom is -0.383 e. The number of benzene rings is 1. The molecule has 152 valence electrons. The van der Waals surface area contributed by atoms with Crippen LogP contribution in [0.5, 0.6) is 0 Å². The second-order valence-electron chi connectivity index (χ2n) is 7.39. The third-order valence-electron chi connectivity index (χ3n) is 5.48. The number of para-hydroxylation sites is 1. The van der Waals surface area contributed by atoms with Gasteiger partial charge in [0.15, 0.2) is 0 Å². The molecule has 1 saturated heterocycles. The molecule has 2 aromatic heterocycles. The van der Waals surface area contributed by atoms with E-state index < -0.39 is 0 Å². The van der Waals surface area contributed by atoms with Crippen molar-refractivity contribution in [1.29, 1.82) is 0 Å². The van der Waals surface area contributed by atoms with Crippen LogP contribution in [0, 0.1) is 0 Å². The number of aryl methyl sites for hydroxylation is 1. The van der Waals surface area contributed by atoms with Crippen LogP contribution in [-0.4, -0.2) is 44.5 Å². The van der Waals surface area contributed by atoms with Crippen molar-refractivity contribution in [3.05, 3.63) is 68.6 Å². The zero-order valence-corrected chi connectivity index (χ0v) is 16.7. The van der Waals surface area contributed by atoms with Crippen LogP contribution in [0.15, 0.2) is 46.1 Å². The molecule has 0 N–H and O–H groups in total. The van der Waals surface area contributed by atoms with Crippen LogP contribution in [-0.2, 0) is 24.9 Å². The number of methoxy groups -OCH3 is 1. The third kappa shape index (κ3) is 3.86. The van der Waals surface area contributed by atoms with Gasteiger partial charge < -0.3 is 4.74 Å². The van der Waals surface area contributed by atoms with E-state index in [9.17, 15) is 9.59 Å². The largest absolute Gasteiger partial charge is 0.383 e. The van der Waals surface area contributed by atoms with Crippen LogP contribution in [0.4, 0.5) is 0 Å². The van der Waals surface area contributed by atoms with Gasteiger partial charge in [-0.15, -0.1) is 0 Å². The highest BCUT2D eigenvalue weighted by atomic mass is 16.5. The lowest BCUT2D eigenvalue weighted by Gasteiger charge is -2.26. The van der Waals surface area contributed by atoms with Gasteiger partial charge in [0.2, 0.25) is 0 Å². The minimum absolute atomic E-state index is 0.00761.